The number of aryl methyl sites for hydroxylation is 1. The fraction of sp³-hybridized carbons (Fsp3) is 0.455. The maximum Gasteiger partial charge on any atom is 0.573 e. The number of benzene rings is 1. The van der Waals surface area contributed by atoms with Crippen LogP contribution in [0.25, 0.3) is 0 Å². The van der Waals surface area contributed by atoms with Crippen LogP contribution in [0.2, 0.25) is 0 Å². The van der Waals surface area contributed by atoms with Crippen molar-refractivity contribution < 1.29 is 17.9 Å². The van der Waals surface area contributed by atoms with Gasteiger partial charge in [-0.1, -0.05) is 41.1 Å². The van der Waals surface area contributed by atoms with E-state index in [9.17, 15) is 13.2 Å². The first-order valence-corrected chi connectivity index (χ1v) is 5.78. The normalized spacial score (nSPS) is 13.6. The molecular weight excluding hydrogens is 285 g/mol. The number of halogens is 4. The van der Waals surface area contributed by atoms with Crippen molar-refractivity contribution in [1.82, 2.24) is 0 Å². The number of ether oxygens (including phenoxy) is 1. The van der Waals surface area contributed by atoms with Crippen molar-refractivity contribution in [3.8, 4) is 5.75 Å². The number of hydrogen-bond donors (Lipinski definition) is 0. The Bertz CT molecular complexity index is 336. The van der Waals surface area contributed by atoms with Gasteiger partial charge in [-0.3, -0.25) is 0 Å². The highest BCUT2D eigenvalue weighted by Gasteiger charge is 2.31. The largest absolute Gasteiger partial charge is 0.573 e. The summed E-state index contributed by atoms with van der Waals surface area (Å²) < 4.78 is 40.2. The molecule has 0 fully saturated rings. The van der Waals surface area contributed by atoms with Crippen LogP contribution in [-0.4, -0.2) is 11.2 Å². The minimum Gasteiger partial charge on any atom is -0.406 e. The second-order valence-corrected chi connectivity index (χ2v) is 5.04. The highest BCUT2D eigenvalue weighted by Crippen LogP contribution is 2.27. The molecule has 0 aliphatic carbocycles. The minimum atomic E-state index is -4.63. The Labute approximate surface area is 101 Å². The SMILES string of the molecule is CC(Br)CCc1ccccc1OC(F)(F)F. The third-order valence-electron chi connectivity index (χ3n) is 2.01. The predicted octanol–water partition coefficient (Wildman–Crippen LogP) is 4.30. The van der Waals surface area contributed by atoms with Gasteiger partial charge >= 0.3 is 6.36 Å². The van der Waals surface area contributed by atoms with Crippen LogP contribution in [-0.2, 0) is 6.42 Å². The standard InChI is InChI=1S/C11H12BrF3O/c1-8(12)6-7-9-4-2-3-5-10(9)16-11(13,14)15/h2-5,8H,6-7H2,1H3. The fourth-order valence-corrected chi connectivity index (χ4v) is 1.52. The van der Waals surface area contributed by atoms with Crippen LogP contribution in [0.4, 0.5) is 13.2 Å². The number of hydrogen-bond acceptors (Lipinski definition) is 1. The quantitative estimate of drug-likeness (QED) is 0.753. The molecule has 1 rings (SSSR count). The van der Waals surface area contributed by atoms with E-state index >= 15 is 0 Å². The van der Waals surface area contributed by atoms with E-state index in [-0.39, 0.29) is 10.6 Å². The molecule has 0 aromatic heterocycles. The zero-order chi connectivity index (χ0) is 12.2. The first-order chi connectivity index (χ1) is 7.38. The smallest absolute Gasteiger partial charge is 0.406 e. The van der Waals surface area contributed by atoms with Crippen LogP contribution in [0.15, 0.2) is 24.3 Å². The van der Waals surface area contributed by atoms with E-state index in [1.54, 1.807) is 12.1 Å². The number of alkyl halides is 4. The van der Waals surface area contributed by atoms with Gasteiger partial charge in [0.25, 0.3) is 0 Å². The summed E-state index contributed by atoms with van der Waals surface area (Å²) in [5.74, 6) is -0.108. The van der Waals surface area contributed by atoms with Gasteiger partial charge in [0.05, 0.1) is 0 Å². The molecular formula is C11H12BrF3O. The van der Waals surface area contributed by atoms with Crippen molar-refractivity contribution in [1.29, 1.82) is 0 Å². The average molecular weight is 297 g/mol. The van der Waals surface area contributed by atoms with Gasteiger partial charge in [0.1, 0.15) is 5.75 Å². The molecule has 0 saturated carbocycles. The summed E-state index contributed by atoms with van der Waals surface area (Å²) in [7, 11) is 0. The Hall–Kier alpha value is -0.710. The molecule has 0 N–H and O–H groups in total. The van der Waals surface area contributed by atoms with Crippen LogP contribution in [0.1, 0.15) is 18.9 Å². The molecule has 1 unspecified atom stereocenters. The Balaban J connectivity index is 2.75. The van der Waals surface area contributed by atoms with Gasteiger partial charge < -0.3 is 4.74 Å². The topological polar surface area (TPSA) is 9.23 Å². The molecule has 0 aliphatic heterocycles. The van der Waals surface area contributed by atoms with Crippen molar-refractivity contribution in [2.75, 3.05) is 0 Å². The maximum absolute atomic E-state index is 12.1. The van der Waals surface area contributed by atoms with Crippen molar-refractivity contribution >= 4 is 15.9 Å². The second kappa shape index (κ2) is 5.57. The molecule has 0 bridgehead atoms. The average Bonchev–Trinajstić information content (AvgIpc) is 2.14. The van der Waals surface area contributed by atoms with Crippen LogP contribution in [0.5, 0.6) is 5.75 Å². The van der Waals surface area contributed by atoms with Gasteiger partial charge in [-0.05, 0) is 24.5 Å². The van der Waals surface area contributed by atoms with Gasteiger partial charge in [0.2, 0.25) is 0 Å². The molecule has 0 amide bonds. The summed E-state index contributed by atoms with van der Waals surface area (Å²) in [5.41, 5.74) is 0.575. The Kier molecular flexibility index (Phi) is 4.65. The lowest BCUT2D eigenvalue weighted by molar-refractivity contribution is -0.274. The molecule has 1 atom stereocenters. The van der Waals surface area contributed by atoms with E-state index in [0.29, 0.717) is 12.0 Å². The van der Waals surface area contributed by atoms with E-state index < -0.39 is 6.36 Å². The third-order valence-corrected chi connectivity index (χ3v) is 2.47. The van der Waals surface area contributed by atoms with Crippen molar-refractivity contribution in [2.45, 2.75) is 31.0 Å². The number of rotatable bonds is 4. The fourth-order valence-electron chi connectivity index (χ4n) is 1.29. The van der Waals surface area contributed by atoms with E-state index in [1.807, 2.05) is 6.92 Å². The van der Waals surface area contributed by atoms with Crippen LogP contribution >= 0.6 is 15.9 Å². The van der Waals surface area contributed by atoms with Gasteiger partial charge in [-0.2, -0.15) is 0 Å². The predicted molar refractivity (Wildman–Crippen MR) is 59.8 cm³/mol. The van der Waals surface area contributed by atoms with Gasteiger partial charge in [-0.25, -0.2) is 0 Å². The highest BCUT2D eigenvalue weighted by molar-refractivity contribution is 9.09. The van der Waals surface area contributed by atoms with Gasteiger partial charge in [0.15, 0.2) is 0 Å². The van der Waals surface area contributed by atoms with E-state index in [2.05, 4.69) is 20.7 Å². The molecule has 90 valence electrons. The summed E-state index contributed by atoms with van der Waals surface area (Å²) in [6, 6.07) is 6.22. The molecule has 5 heteroatoms. The maximum atomic E-state index is 12.1. The Morgan fingerprint density at radius 1 is 1.31 bits per heavy atom. The van der Waals surface area contributed by atoms with E-state index in [4.69, 9.17) is 0 Å². The molecule has 0 radical (unpaired) electrons. The zero-order valence-electron chi connectivity index (χ0n) is 8.72. The zero-order valence-corrected chi connectivity index (χ0v) is 10.3. The van der Waals surface area contributed by atoms with Gasteiger partial charge in [-0.15, -0.1) is 13.2 Å². The summed E-state index contributed by atoms with van der Waals surface area (Å²) in [4.78, 5) is 0.270. The molecule has 1 aromatic rings. The monoisotopic (exact) mass is 296 g/mol. The van der Waals surface area contributed by atoms with Crippen LogP contribution < -0.4 is 4.74 Å². The minimum absolute atomic E-state index is 0.108. The molecule has 16 heavy (non-hydrogen) atoms. The Morgan fingerprint density at radius 3 is 2.50 bits per heavy atom. The van der Waals surface area contributed by atoms with Gasteiger partial charge in [0, 0.05) is 4.83 Å². The summed E-state index contributed by atoms with van der Waals surface area (Å²) >= 11 is 3.35. The van der Waals surface area contributed by atoms with Crippen LogP contribution in [0, 0.1) is 0 Å². The molecule has 0 spiro atoms. The number of para-hydroxylation sites is 1. The molecule has 1 nitrogen and oxygen atoms in total. The second-order valence-electron chi connectivity index (χ2n) is 3.47. The Morgan fingerprint density at radius 2 is 1.94 bits per heavy atom. The molecule has 0 aliphatic rings. The summed E-state index contributed by atoms with van der Waals surface area (Å²) in [6.07, 6.45) is -3.31. The molecule has 0 heterocycles. The van der Waals surface area contributed by atoms with E-state index in [1.165, 1.54) is 12.1 Å². The summed E-state index contributed by atoms with van der Waals surface area (Å²) in [6.45, 7) is 1.95. The van der Waals surface area contributed by atoms with Crippen molar-refractivity contribution in [3.63, 3.8) is 0 Å². The lowest BCUT2D eigenvalue weighted by Gasteiger charge is -2.13. The van der Waals surface area contributed by atoms with Crippen molar-refractivity contribution in [3.05, 3.63) is 29.8 Å². The lowest BCUT2D eigenvalue weighted by atomic mass is 10.1. The molecule has 0 saturated heterocycles. The molecule has 1 aromatic carbocycles. The van der Waals surface area contributed by atoms with Crippen molar-refractivity contribution in [2.24, 2.45) is 0 Å². The first kappa shape index (κ1) is 13.4. The van der Waals surface area contributed by atoms with E-state index in [0.717, 1.165) is 6.42 Å². The highest BCUT2D eigenvalue weighted by atomic mass is 79.9. The summed E-state index contributed by atoms with van der Waals surface area (Å²) in [5, 5.41) is 0. The lowest BCUT2D eigenvalue weighted by Crippen LogP contribution is -2.18. The first-order valence-electron chi connectivity index (χ1n) is 4.86. The third kappa shape index (κ3) is 4.88. The van der Waals surface area contributed by atoms with Crippen LogP contribution in [0.3, 0.4) is 0 Å².